The van der Waals surface area contributed by atoms with Gasteiger partial charge in [-0.2, -0.15) is 0 Å². The van der Waals surface area contributed by atoms with Crippen LogP contribution in [0, 0.1) is 5.82 Å². The average molecular weight is 355 g/mol. The number of benzene rings is 1. The third kappa shape index (κ3) is 3.34. The summed E-state index contributed by atoms with van der Waals surface area (Å²) in [7, 11) is 0. The van der Waals surface area contributed by atoms with Crippen LogP contribution in [0.2, 0.25) is 0 Å². The van der Waals surface area contributed by atoms with E-state index in [2.05, 4.69) is 33.2 Å². The lowest BCUT2D eigenvalue weighted by Crippen LogP contribution is -2.32. The Kier molecular flexibility index (Phi) is 4.71. The minimum absolute atomic E-state index is 0.258. The second-order valence-corrected chi connectivity index (χ2v) is 6.43. The standard InChI is InChI=1S/C23H18FN3/c24-22-9-7-19(8-10-22)23(20-5-2-12-26-16-20,21-6-3-13-27-17-21)14-18-4-1-11-25-15-18/h1-13,15-17H,14H2. The van der Waals surface area contributed by atoms with Gasteiger partial charge in [0.15, 0.2) is 0 Å². The van der Waals surface area contributed by atoms with E-state index in [4.69, 9.17) is 0 Å². The van der Waals surface area contributed by atoms with Gasteiger partial charge in [0.05, 0.1) is 5.41 Å². The van der Waals surface area contributed by atoms with Gasteiger partial charge in [0.2, 0.25) is 0 Å². The van der Waals surface area contributed by atoms with Crippen LogP contribution in [0.15, 0.2) is 97.8 Å². The van der Waals surface area contributed by atoms with Crippen molar-refractivity contribution < 1.29 is 4.39 Å². The molecule has 0 atom stereocenters. The van der Waals surface area contributed by atoms with Crippen LogP contribution in [0.25, 0.3) is 0 Å². The van der Waals surface area contributed by atoms with Crippen molar-refractivity contribution in [3.05, 3.63) is 126 Å². The molecule has 3 aromatic heterocycles. The van der Waals surface area contributed by atoms with Gasteiger partial charge in [-0.3, -0.25) is 15.0 Å². The Morgan fingerprint density at radius 1 is 0.630 bits per heavy atom. The van der Waals surface area contributed by atoms with Crippen molar-refractivity contribution in [1.29, 1.82) is 0 Å². The predicted octanol–water partition coefficient (Wildman–Crippen LogP) is 4.59. The summed E-state index contributed by atoms with van der Waals surface area (Å²) in [6, 6.07) is 18.6. The molecular weight excluding hydrogens is 337 g/mol. The van der Waals surface area contributed by atoms with E-state index in [1.807, 2.05) is 48.9 Å². The first-order chi connectivity index (χ1) is 13.3. The van der Waals surface area contributed by atoms with Crippen LogP contribution in [0.5, 0.6) is 0 Å². The molecule has 0 N–H and O–H groups in total. The van der Waals surface area contributed by atoms with E-state index in [9.17, 15) is 4.39 Å². The van der Waals surface area contributed by atoms with Crippen molar-refractivity contribution >= 4 is 0 Å². The molecule has 0 unspecified atom stereocenters. The average Bonchev–Trinajstić information content (AvgIpc) is 2.75. The van der Waals surface area contributed by atoms with Gasteiger partial charge in [-0.15, -0.1) is 0 Å². The van der Waals surface area contributed by atoms with Gasteiger partial charge < -0.3 is 0 Å². The molecule has 0 aliphatic carbocycles. The third-order valence-corrected chi connectivity index (χ3v) is 4.84. The number of pyridine rings is 3. The summed E-state index contributed by atoms with van der Waals surface area (Å²) in [5, 5.41) is 0. The van der Waals surface area contributed by atoms with Crippen molar-refractivity contribution in [3.63, 3.8) is 0 Å². The maximum atomic E-state index is 13.7. The quantitative estimate of drug-likeness (QED) is 0.526. The van der Waals surface area contributed by atoms with E-state index in [0.717, 1.165) is 22.3 Å². The first-order valence-electron chi connectivity index (χ1n) is 8.75. The molecule has 4 heteroatoms. The number of hydrogen-bond donors (Lipinski definition) is 0. The molecule has 0 spiro atoms. The van der Waals surface area contributed by atoms with E-state index >= 15 is 0 Å². The molecule has 1 aromatic carbocycles. The van der Waals surface area contributed by atoms with Gasteiger partial charge in [-0.25, -0.2) is 4.39 Å². The monoisotopic (exact) mass is 355 g/mol. The lowest BCUT2D eigenvalue weighted by atomic mass is 9.67. The van der Waals surface area contributed by atoms with Crippen LogP contribution >= 0.6 is 0 Å². The van der Waals surface area contributed by atoms with Gasteiger partial charge in [0, 0.05) is 37.2 Å². The Bertz CT molecular complexity index is 948. The summed E-state index contributed by atoms with van der Waals surface area (Å²) in [4.78, 5) is 13.0. The molecule has 0 fully saturated rings. The second kappa shape index (κ2) is 7.46. The zero-order chi connectivity index (χ0) is 18.5. The van der Waals surface area contributed by atoms with Crippen molar-refractivity contribution in [2.24, 2.45) is 0 Å². The number of nitrogens with zero attached hydrogens (tertiary/aromatic N) is 3. The molecule has 27 heavy (non-hydrogen) atoms. The maximum absolute atomic E-state index is 13.7. The fraction of sp³-hybridized carbons (Fsp3) is 0.0870. The molecule has 0 aliphatic rings. The van der Waals surface area contributed by atoms with Crippen LogP contribution in [0.4, 0.5) is 4.39 Å². The van der Waals surface area contributed by atoms with Gasteiger partial charge in [-0.1, -0.05) is 30.3 Å². The highest BCUT2D eigenvalue weighted by atomic mass is 19.1. The number of aromatic nitrogens is 3. The minimum atomic E-state index is -0.556. The topological polar surface area (TPSA) is 38.7 Å². The second-order valence-electron chi connectivity index (χ2n) is 6.43. The van der Waals surface area contributed by atoms with Crippen molar-refractivity contribution in [2.45, 2.75) is 11.8 Å². The van der Waals surface area contributed by atoms with Gasteiger partial charge >= 0.3 is 0 Å². The fourth-order valence-corrected chi connectivity index (χ4v) is 3.58. The highest BCUT2D eigenvalue weighted by Crippen LogP contribution is 2.41. The molecule has 3 nitrogen and oxygen atoms in total. The molecule has 0 bridgehead atoms. The molecule has 4 rings (SSSR count). The third-order valence-electron chi connectivity index (χ3n) is 4.84. The van der Waals surface area contributed by atoms with Crippen LogP contribution in [0.3, 0.4) is 0 Å². The largest absolute Gasteiger partial charge is 0.264 e. The Labute approximate surface area is 157 Å². The summed E-state index contributed by atoms with van der Waals surface area (Å²) in [5.41, 5.74) is 3.55. The molecule has 0 saturated carbocycles. The van der Waals surface area contributed by atoms with Crippen molar-refractivity contribution in [1.82, 2.24) is 15.0 Å². The normalized spacial score (nSPS) is 11.3. The van der Waals surface area contributed by atoms with Gasteiger partial charge in [0.25, 0.3) is 0 Å². The summed E-state index contributed by atoms with van der Waals surface area (Å²) in [6.45, 7) is 0. The highest BCUT2D eigenvalue weighted by molar-refractivity contribution is 5.50. The van der Waals surface area contributed by atoms with Crippen LogP contribution in [0.1, 0.15) is 22.3 Å². The Hall–Kier alpha value is -3.40. The Morgan fingerprint density at radius 2 is 1.19 bits per heavy atom. The molecule has 0 saturated heterocycles. The Balaban J connectivity index is 2.00. The van der Waals surface area contributed by atoms with E-state index in [1.54, 1.807) is 18.6 Å². The van der Waals surface area contributed by atoms with E-state index in [1.165, 1.54) is 12.1 Å². The zero-order valence-electron chi connectivity index (χ0n) is 14.7. The SMILES string of the molecule is Fc1ccc(C(Cc2cccnc2)(c2cccnc2)c2cccnc2)cc1. The molecule has 132 valence electrons. The number of halogens is 1. The minimum Gasteiger partial charge on any atom is -0.264 e. The smallest absolute Gasteiger partial charge is 0.123 e. The Morgan fingerprint density at radius 3 is 1.67 bits per heavy atom. The van der Waals surface area contributed by atoms with Crippen molar-refractivity contribution in [2.75, 3.05) is 0 Å². The lowest BCUT2D eigenvalue weighted by molar-refractivity contribution is 0.596. The van der Waals surface area contributed by atoms with E-state index < -0.39 is 5.41 Å². The number of rotatable bonds is 5. The number of hydrogen-bond acceptors (Lipinski definition) is 3. The summed E-state index contributed by atoms with van der Waals surface area (Å²) < 4.78 is 13.7. The molecule has 3 heterocycles. The predicted molar refractivity (Wildman–Crippen MR) is 103 cm³/mol. The maximum Gasteiger partial charge on any atom is 0.123 e. The van der Waals surface area contributed by atoms with Crippen molar-refractivity contribution in [3.8, 4) is 0 Å². The van der Waals surface area contributed by atoms with Gasteiger partial charge in [0.1, 0.15) is 5.82 Å². The summed E-state index contributed by atoms with van der Waals surface area (Å²) in [5.74, 6) is -0.258. The molecule has 0 amide bonds. The van der Waals surface area contributed by atoms with Crippen LogP contribution in [-0.4, -0.2) is 15.0 Å². The van der Waals surface area contributed by atoms with E-state index in [-0.39, 0.29) is 5.82 Å². The molecule has 4 aromatic rings. The molecular formula is C23H18FN3. The van der Waals surface area contributed by atoms with Gasteiger partial charge in [-0.05, 0) is 59.0 Å². The molecule has 0 radical (unpaired) electrons. The summed E-state index contributed by atoms with van der Waals surface area (Å²) in [6.07, 6.45) is 11.5. The van der Waals surface area contributed by atoms with Crippen LogP contribution in [-0.2, 0) is 11.8 Å². The molecule has 0 aliphatic heterocycles. The summed E-state index contributed by atoms with van der Waals surface area (Å²) >= 11 is 0. The first-order valence-corrected chi connectivity index (χ1v) is 8.75. The van der Waals surface area contributed by atoms with E-state index in [0.29, 0.717) is 6.42 Å². The fourth-order valence-electron chi connectivity index (χ4n) is 3.58. The lowest BCUT2D eigenvalue weighted by Gasteiger charge is -2.35. The zero-order valence-corrected chi connectivity index (χ0v) is 14.7. The first kappa shape index (κ1) is 17.0. The highest BCUT2D eigenvalue weighted by Gasteiger charge is 2.37. The van der Waals surface area contributed by atoms with Crippen LogP contribution < -0.4 is 0 Å².